The first-order chi connectivity index (χ1) is 12.0. The molecule has 6 heteroatoms. The van der Waals surface area contributed by atoms with E-state index in [1.165, 1.54) is 11.1 Å². The molecular weight excluding hydrogens is 332 g/mol. The predicted octanol–water partition coefficient (Wildman–Crippen LogP) is 3.54. The largest absolute Gasteiger partial charge is 0.350 e. The first kappa shape index (κ1) is 17.1. The molecule has 3 rings (SSSR count). The molecule has 0 atom stereocenters. The summed E-state index contributed by atoms with van der Waals surface area (Å²) in [5.74, 6) is 0.557. The van der Waals surface area contributed by atoms with Gasteiger partial charge in [0.05, 0.1) is 0 Å². The molecule has 0 radical (unpaired) electrons. The quantitative estimate of drug-likeness (QED) is 0.691. The Morgan fingerprint density at radius 2 is 1.68 bits per heavy atom. The average Bonchev–Trinajstić information content (AvgIpc) is 2.96. The van der Waals surface area contributed by atoms with E-state index in [-0.39, 0.29) is 12.5 Å². The smallest absolute Gasteiger partial charge is 0.240 e. The van der Waals surface area contributed by atoms with E-state index in [1.807, 2.05) is 62.4 Å². The van der Waals surface area contributed by atoms with Gasteiger partial charge in [0.2, 0.25) is 5.91 Å². The Bertz CT molecular complexity index is 923. The maximum absolute atomic E-state index is 12.3. The molecule has 128 valence electrons. The standard InChI is InChI=1S/C19H20N4OS/c1-13-3-7-15(8-4-13)11-20-17(24)12-23-18(21-22-19(23)25)16-9-5-14(2)6-10-16/h3-10H,11-12H2,1-2H3,(H,20,24)(H,22,25). The lowest BCUT2D eigenvalue weighted by molar-refractivity contribution is -0.121. The summed E-state index contributed by atoms with van der Waals surface area (Å²) in [5.41, 5.74) is 4.35. The lowest BCUT2D eigenvalue weighted by Crippen LogP contribution is -2.27. The van der Waals surface area contributed by atoms with E-state index in [0.29, 0.717) is 17.1 Å². The molecule has 1 amide bonds. The lowest BCUT2D eigenvalue weighted by atomic mass is 10.1. The summed E-state index contributed by atoms with van der Waals surface area (Å²) in [4.78, 5) is 12.3. The number of hydrogen-bond acceptors (Lipinski definition) is 3. The molecule has 0 fully saturated rings. The minimum absolute atomic E-state index is 0.105. The maximum atomic E-state index is 12.3. The number of aromatic nitrogens is 3. The van der Waals surface area contributed by atoms with Crippen LogP contribution in [-0.4, -0.2) is 20.7 Å². The number of aryl methyl sites for hydroxylation is 2. The van der Waals surface area contributed by atoms with Crippen molar-refractivity contribution in [3.63, 3.8) is 0 Å². The van der Waals surface area contributed by atoms with Crippen LogP contribution in [0.3, 0.4) is 0 Å². The molecule has 0 unspecified atom stereocenters. The van der Waals surface area contributed by atoms with Gasteiger partial charge in [0, 0.05) is 12.1 Å². The highest BCUT2D eigenvalue weighted by atomic mass is 32.1. The van der Waals surface area contributed by atoms with E-state index >= 15 is 0 Å². The minimum atomic E-state index is -0.105. The number of nitrogens with zero attached hydrogens (tertiary/aromatic N) is 2. The topological polar surface area (TPSA) is 62.7 Å². The van der Waals surface area contributed by atoms with Crippen molar-refractivity contribution in [3.8, 4) is 11.4 Å². The normalized spacial score (nSPS) is 10.6. The second-order valence-corrected chi connectivity index (χ2v) is 6.45. The van der Waals surface area contributed by atoms with Crippen LogP contribution in [0.5, 0.6) is 0 Å². The van der Waals surface area contributed by atoms with Crippen molar-refractivity contribution in [2.75, 3.05) is 0 Å². The molecule has 2 aromatic carbocycles. The van der Waals surface area contributed by atoms with E-state index in [1.54, 1.807) is 4.57 Å². The van der Waals surface area contributed by atoms with E-state index in [2.05, 4.69) is 15.5 Å². The molecule has 1 heterocycles. The summed E-state index contributed by atoms with van der Waals surface area (Å²) < 4.78 is 2.14. The summed E-state index contributed by atoms with van der Waals surface area (Å²) in [7, 11) is 0. The van der Waals surface area contributed by atoms with Gasteiger partial charge in [-0.15, -0.1) is 0 Å². The van der Waals surface area contributed by atoms with Crippen molar-refractivity contribution in [2.45, 2.75) is 26.9 Å². The van der Waals surface area contributed by atoms with Crippen molar-refractivity contribution in [3.05, 3.63) is 70.0 Å². The molecule has 0 saturated carbocycles. The van der Waals surface area contributed by atoms with Crippen molar-refractivity contribution < 1.29 is 4.79 Å². The van der Waals surface area contributed by atoms with Crippen LogP contribution in [0.1, 0.15) is 16.7 Å². The van der Waals surface area contributed by atoms with Gasteiger partial charge in [0.15, 0.2) is 10.6 Å². The highest BCUT2D eigenvalue weighted by Crippen LogP contribution is 2.17. The van der Waals surface area contributed by atoms with Crippen LogP contribution in [0.15, 0.2) is 48.5 Å². The number of hydrogen-bond donors (Lipinski definition) is 2. The van der Waals surface area contributed by atoms with Crippen LogP contribution >= 0.6 is 12.2 Å². The van der Waals surface area contributed by atoms with Gasteiger partial charge >= 0.3 is 0 Å². The Kier molecular flexibility index (Phi) is 5.09. The van der Waals surface area contributed by atoms with Crippen molar-refractivity contribution >= 4 is 18.1 Å². The Balaban J connectivity index is 1.71. The molecule has 0 aliphatic heterocycles. The monoisotopic (exact) mass is 352 g/mol. The van der Waals surface area contributed by atoms with E-state index < -0.39 is 0 Å². The first-order valence-electron chi connectivity index (χ1n) is 8.07. The van der Waals surface area contributed by atoms with E-state index in [9.17, 15) is 4.79 Å². The average molecular weight is 352 g/mol. The van der Waals surface area contributed by atoms with Gasteiger partial charge < -0.3 is 5.32 Å². The van der Waals surface area contributed by atoms with Gasteiger partial charge in [-0.3, -0.25) is 14.5 Å². The summed E-state index contributed by atoms with van der Waals surface area (Å²) in [6, 6.07) is 16.0. The van der Waals surface area contributed by atoms with Gasteiger partial charge in [-0.05, 0) is 31.6 Å². The third-order valence-electron chi connectivity index (χ3n) is 3.98. The predicted molar refractivity (Wildman–Crippen MR) is 101 cm³/mol. The molecule has 0 saturated heterocycles. The van der Waals surface area contributed by atoms with Crippen molar-refractivity contribution in [1.29, 1.82) is 0 Å². The van der Waals surface area contributed by atoms with Crippen LogP contribution in [0.2, 0.25) is 0 Å². The van der Waals surface area contributed by atoms with Gasteiger partial charge in [0.1, 0.15) is 6.54 Å². The Hall–Kier alpha value is -2.73. The zero-order valence-corrected chi connectivity index (χ0v) is 15.1. The second kappa shape index (κ2) is 7.44. The number of aromatic amines is 1. The summed E-state index contributed by atoms with van der Waals surface area (Å²) in [6.45, 7) is 4.68. The Morgan fingerprint density at radius 1 is 1.08 bits per heavy atom. The number of nitrogens with one attached hydrogen (secondary N) is 2. The number of rotatable bonds is 5. The fourth-order valence-corrected chi connectivity index (χ4v) is 2.69. The Labute approximate surface area is 151 Å². The number of benzene rings is 2. The third kappa shape index (κ3) is 4.22. The van der Waals surface area contributed by atoms with E-state index in [0.717, 1.165) is 11.1 Å². The van der Waals surface area contributed by atoms with Crippen LogP contribution in [-0.2, 0) is 17.9 Å². The second-order valence-electron chi connectivity index (χ2n) is 6.07. The fraction of sp³-hybridized carbons (Fsp3) is 0.211. The molecule has 0 spiro atoms. The fourth-order valence-electron chi connectivity index (χ4n) is 2.49. The van der Waals surface area contributed by atoms with Gasteiger partial charge in [0.25, 0.3) is 0 Å². The van der Waals surface area contributed by atoms with Gasteiger partial charge in [-0.25, -0.2) is 0 Å². The van der Waals surface area contributed by atoms with E-state index in [4.69, 9.17) is 12.2 Å². The molecule has 2 N–H and O–H groups in total. The van der Waals surface area contributed by atoms with Crippen LogP contribution < -0.4 is 5.32 Å². The van der Waals surface area contributed by atoms with Crippen LogP contribution in [0.25, 0.3) is 11.4 Å². The number of carbonyl (C=O) groups excluding carboxylic acids is 1. The lowest BCUT2D eigenvalue weighted by Gasteiger charge is -2.09. The molecule has 3 aromatic rings. The zero-order chi connectivity index (χ0) is 17.8. The first-order valence-corrected chi connectivity index (χ1v) is 8.48. The number of amides is 1. The zero-order valence-electron chi connectivity index (χ0n) is 14.2. The number of H-pyrrole nitrogens is 1. The van der Waals surface area contributed by atoms with Crippen molar-refractivity contribution in [1.82, 2.24) is 20.1 Å². The molecule has 0 aliphatic rings. The molecule has 25 heavy (non-hydrogen) atoms. The van der Waals surface area contributed by atoms with Crippen LogP contribution in [0.4, 0.5) is 0 Å². The van der Waals surface area contributed by atoms with Crippen LogP contribution in [0, 0.1) is 18.6 Å². The summed E-state index contributed by atoms with van der Waals surface area (Å²) in [5, 5.41) is 9.96. The third-order valence-corrected chi connectivity index (χ3v) is 4.29. The maximum Gasteiger partial charge on any atom is 0.240 e. The SMILES string of the molecule is Cc1ccc(CNC(=O)Cn2c(-c3ccc(C)cc3)n[nH]c2=S)cc1. The minimum Gasteiger partial charge on any atom is -0.350 e. The van der Waals surface area contributed by atoms with Gasteiger partial charge in [-0.2, -0.15) is 5.10 Å². The summed E-state index contributed by atoms with van der Waals surface area (Å²) in [6.07, 6.45) is 0. The highest BCUT2D eigenvalue weighted by molar-refractivity contribution is 7.71. The molecule has 0 aliphatic carbocycles. The van der Waals surface area contributed by atoms with Crippen molar-refractivity contribution in [2.24, 2.45) is 0 Å². The highest BCUT2D eigenvalue weighted by Gasteiger charge is 2.12. The Morgan fingerprint density at radius 3 is 2.32 bits per heavy atom. The number of carbonyl (C=O) groups is 1. The molecule has 1 aromatic heterocycles. The van der Waals surface area contributed by atoms with Gasteiger partial charge in [-0.1, -0.05) is 59.7 Å². The summed E-state index contributed by atoms with van der Waals surface area (Å²) >= 11 is 5.27. The molecule has 0 bridgehead atoms. The molecular formula is C19H20N4OS. The molecule has 5 nitrogen and oxygen atoms in total.